The van der Waals surface area contributed by atoms with E-state index < -0.39 is 0 Å². The molecule has 1 N–H and O–H groups in total. The van der Waals surface area contributed by atoms with Crippen molar-refractivity contribution < 1.29 is 9.53 Å². The van der Waals surface area contributed by atoms with Crippen molar-refractivity contribution in [2.24, 2.45) is 0 Å². The average Bonchev–Trinajstić information content (AvgIpc) is 2.86. The summed E-state index contributed by atoms with van der Waals surface area (Å²) in [6.45, 7) is 8.54. The molecule has 1 aliphatic rings. The third-order valence-corrected chi connectivity index (χ3v) is 5.44. The summed E-state index contributed by atoms with van der Waals surface area (Å²) in [7, 11) is 0. The zero-order valence-corrected chi connectivity index (χ0v) is 14.8. The first-order valence-electron chi connectivity index (χ1n) is 8.08. The van der Waals surface area contributed by atoms with E-state index in [-0.39, 0.29) is 18.0 Å². The van der Waals surface area contributed by atoms with Crippen LogP contribution in [0.2, 0.25) is 0 Å². The van der Waals surface area contributed by atoms with Gasteiger partial charge >= 0.3 is 0 Å². The fourth-order valence-electron chi connectivity index (χ4n) is 2.77. The fourth-order valence-corrected chi connectivity index (χ4v) is 3.76. The molecule has 1 fully saturated rings. The fraction of sp³-hybridized carbons (Fsp3) is 0.562. The SMILES string of the molecule is Cc1sc2ncn(CC(=O)NCCN3CCOCC3)c(=O)c2c1C. The Balaban J connectivity index is 1.60. The number of aryl methyl sites for hydroxylation is 2. The van der Waals surface area contributed by atoms with Crippen molar-refractivity contribution in [3.63, 3.8) is 0 Å². The summed E-state index contributed by atoms with van der Waals surface area (Å²) in [5.74, 6) is -0.170. The van der Waals surface area contributed by atoms with E-state index in [1.54, 1.807) is 0 Å². The number of aromatic nitrogens is 2. The highest BCUT2D eigenvalue weighted by atomic mass is 32.1. The van der Waals surface area contributed by atoms with Gasteiger partial charge in [-0.15, -0.1) is 11.3 Å². The van der Waals surface area contributed by atoms with Crippen molar-refractivity contribution in [3.8, 4) is 0 Å². The Morgan fingerprint density at radius 3 is 2.88 bits per heavy atom. The molecule has 24 heavy (non-hydrogen) atoms. The molecule has 3 rings (SSSR count). The average molecular weight is 350 g/mol. The van der Waals surface area contributed by atoms with E-state index in [4.69, 9.17) is 4.74 Å². The van der Waals surface area contributed by atoms with Crippen molar-refractivity contribution in [2.45, 2.75) is 20.4 Å². The smallest absolute Gasteiger partial charge is 0.262 e. The molecule has 1 amide bonds. The number of ether oxygens (including phenoxy) is 1. The predicted molar refractivity (Wildman–Crippen MR) is 93.6 cm³/mol. The van der Waals surface area contributed by atoms with Crippen LogP contribution in [0.3, 0.4) is 0 Å². The summed E-state index contributed by atoms with van der Waals surface area (Å²) in [5, 5.41) is 3.49. The van der Waals surface area contributed by atoms with Crippen LogP contribution in [0.25, 0.3) is 10.2 Å². The monoisotopic (exact) mass is 350 g/mol. The van der Waals surface area contributed by atoms with Crippen molar-refractivity contribution in [2.75, 3.05) is 39.4 Å². The van der Waals surface area contributed by atoms with Crippen LogP contribution in [-0.2, 0) is 16.1 Å². The lowest BCUT2D eigenvalue weighted by molar-refractivity contribution is -0.121. The summed E-state index contributed by atoms with van der Waals surface area (Å²) in [6, 6.07) is 0. The minimum absolute atomic E-state index is 0.000775. The Bertz CT molecular complexity index is 792. The zero-order chi connectivity index (χ0) is 17.1. The molecule has 0 radical (unpaired) electrons. The van der Waals surface area contributed by atoms with E-state index >= 15 is 0 Å². The normalized spacial score (nSPS) is 15.8. The topological polar surface area (TPSA) is 76.5 Å². The number of hydrogen-bond acceptors (Lipinski definition) is 6. The summed E-state index contributed by atoms with van der Waals surface area (Å²) >= 11 is 1.51. The Morgan fingerprint density at radius 2 is 2.12 bits per heavy atom. The van der Waals surface area contributed by atoms with Crippen LogP contribution in [0.4, 0.5) is 0 Å². The van der Waals surface area contributed by atoms with Crippen LogP contribution in [-0.4, -0.2) is 59.8 Å². The molecule has 0 spiro atoms. The number of thiophene rings is 1. The van der Waals surface area contributed by atoms with Crippen LogP contribution in [0.15, 0.2) is 11.1 Å². The van der Waals surface area contributed by atoms with Crippen LogP contribution >= 0.6 is 11.3 Å². The number of amides is 1. The van der Waals surface area contributed by atoms with Gasteiger partial charge in [0.25, 0.3) is 5.56 Å². The standard InChI is InChI=1S/C16H22N4O3S/c1-11-12(2)24-15-14(11)16(22)20(10-18-15)9-13(21)17-3-4-19-5-7-23-8-6-19/h10H,3-9H2,1-2H3,(H,17,21). The van der Waals surface area contributed by atoms with Crippen LogP contribution in [0.5, 0.6) is 0 Å². The van der Waals surface area contributed by atoms with E-state index in [9.17, 15) is 9.59 Å². The van der Waals surface area contributed by atoms with Gasteiger partial charge in [0.2, 0.25) is 5.91 Å². The molecular weight excluding hydrogens is 328 g/mol. The minimum atomic E-state index is -0.170. The molecule has 8 heteroatoms. The molecule has 0 atom stereocenters. The molecular formula is C16H22N4O3S. The van der Waals surface area contributed by atoms with Gasteiger partial charge in [0.15, 0.2) is 0 Å². The number of carbonyl (C=O) groups is 1. The van der Waals surface area contributed by atoms with Gasteiger partial charge in [0.05, 0.1) is 24.9 Å². The van der Waals surface area contributed by atoms with Gasteiger partial charge in [-0.2, -0.15) is 0 Å². The molecule has 0 saturated carbocycles. The molecule has 1 saturated heterocycles. The van der Waals surface area contributed by atoms with E-state index in [1.807, 2.05) is 13.8 Å². The first kappa shape index (κ1) is 17.1. The Morgan fingerprint density at radius 1 is 1.38 bits per heavy atom. The number of carbonyl (C=O) groups excluding carboxylic acids is 1. The summed E-state index contributed by atoms with van der Waals surface area (Å²) < 4.78 is 6.67. The number of morpholine rings is 1. The number of nitrogens with one attached hydrogen (secondary N) is 1. The van der Waals surface area contributed by atoms with Gasteiger partial charge in [-0.05, 0) is 19.4 Å². The number of fused-ring (bicyclic) bond motifs is 1. The van der Waals surface area contributed by atoms with Crippen LogP contribution in [0.1, 0.15) is 10.4 Å². The lowest BCUT2D eigenvalue weighted by Crippen LogP contribution is -2.42. The van der Waals surface area contributed by atoms with Crippen molar-refractivity contribution in [1.82, 2.24) is 19.8 Å². The molecule has 0 bridgehead atoms. The van der Waals surface area contributed by atoms with Crippen LogP contribution in [0, 0.1) is 13.8 Å². The summed E-state index contributed by atoms with van der Waals surface area (Å²) in [6.07, 6.45) is 1.46. The summed E-state index contributed by atoms with van der Waals surface area (Å²) in [5.41, 5.74) is 0.805. The molecule has 3 heterocycles. The van der Waals surface area contributed by atoms with E-state index in [1.165, 1.54) is 22.2 Å². The van der Waals surface area contributed by atoms with Crippen molar-refractivity contribution in [1.29, 1.82) is 0 Å². The van der Waals surface area contributed by atoms with E-state index in [0.717, 1.165) is 48.1 Å². The molecule has 0 unspecified atom stereocenters. The second kappa shape index (κ2) is 7.42. The molecule has 0 aromatic carbocycles. The maximum Gasteiger partial charge on any atom is 0.262 e. The molecule has 7 nitrogen and oxygen atoms in total. The highest BCUT2D eigenvalue weighted by molar-refractivity contribution is 7.18. The largest absolute Gasteiger partial charge is 0.379 e. The van der Waals surface area contributed by atoms with Gasteiger partial charge in [-0.3, -0.25) is 19.1 Å². The molecule has 2 aromatic heterocycles. The highest BCUT2D eigenvalue weighted by Gasteiger charge is 2.14. The Labute approximate surface area is 144 Å². The first-order chi connectivity index (χ1) is 11.6. The van der Waals surface area contributed by atoms with Gasteiger partial charge in [0, 0.05) is 31.1 Å². The maximum atomic E-state index is 12.5. The van der Waals surface area contributed by atoms with E-state index in [2.05, 4.69) is 15.2 Å². The lowest BCUT2D eigenvalue weighted by Gasteiger charge is -2.26. The van der Waals surface area contributed by atoms with Gasteiger partial charge in [0.1, 0.15) is 11.4 Å². The summed E-state index contributed by atoms with van der Waals surface area (Å²) in [4.78, 5) is 33.0. The Hall–Kier alpha value is -1.77. The second-order valence-corrected chi connectivity index (χ2v) is 7.15. The van der Waals surface area contributed by atoms with Gasteiger partial charge < -0.3 is 10.1 Å². The number of rotatable bonds is 5. The van der Waals surface area contributed by atoms with Gasteiger partial charge in [-0.25, -0.2) is 4.98 Å². The molecule has 130 valence electrons. The van der Waals surface area contributed by atoms with Crippen molar-refractivity contribution >= 4 is 27.5 Å². The second-order valence-electron chi connectivity index (χ2n) is 5.94. The van der Waals surface area contributed by atoms with Gasteiger partial charge in [-0.1, -0.05) is 0 Å². The third-order valence-electron chi connectivity index (χ3n) is 4.32. The molecule has 1 aliphatic heterocycles. The van der Waals surface area contributed by atoms with E-state index in [0.29, 0.717) is 11.9 Å². The van der Waals surface area contributed by atoms with Crippen LogP contribution < -0.4 is 10.9 Å². The predicted octanol–water partition coefficient (Wildman–Crippen LogP) is 0.523. The quantitative estimate of drug-likeness (QED) is 0.851. The number of hydrogen-bond donors (Lipinski definition) is 1. The minimum Gasteiger partial charge on any atom is -0.379 e. The highest BCUT2D eigenvalue weighted by Crippen LogP contribution is 2.25. The zero-order valence-electron chi connectivity index (χ0n) is 14.0. The molecule has 0 aliphatic carbocycles. The van der Waals surface area contributed by atoms with Crippen molar-refractivity contribution in [3.05, 3.63) is 27.1 Å². The third kappa shape index (κ3) is 3.66. The lowest BCUT2D eigenvalue weighted by atomic mass is 10.2. The molecule has 2 aromatic rings. The first-order valence-corrected chi connectivity index (χ1v) is 8.90. The maximum absolute atomic E-state index is 12.5. The Kier molecular flexibility index (Phi) is 5.27. The number of nitrogens with zero attached hydrogens (tertiary/aromatic N) is 3.